The molecule has 7 rings (SSSR count). The minimum atomic E-state index is 0.180. The monoisotopic (exact) mass is 438 g/mol. The van der Waals surface area contributed by atoms with Crippen LogP contribution < -0.4 is 0 Å². The Morgan fingerprint density at radius 1 is 1.03 bits per heavy atom. The van der Waals surface area contributed by atoms with Gasteiger partial charge in [0.15, 0.2) is 0 Å². The first-order valence-corrected chi connectivity index (χ1v) is 13.8. The van der Waals surface area contributed by atoms with Crippen molar-refractivity contribution in [2.24, 2.45) is 46.3 Å². The average molecular weight is 439 g/mol. The van der Waals surface area contributed by atoms with Crippen molar-refractivity contribution in [1.29, 1.82) is 0 Å². The second-order valence-electron chi connectivity index (χ2n) is 12.9. The van der Waals surface area contributed by atoms with E-state index in [0.717, 1.165) is 53.6 Å². The van der Waals surface area contributed by atoms with Crippen molar-refractivity contribution in [3.8, 4) is 0 Å². The van der Waals surface area contributed by atoms with Gasteiger partial charge in [-0.3, -0.25) is 0 Å². The molecule has 6 aliphatic carbocycles. The van der Waals surface area contributed by atoms with Gasteiger partial charge in [0.2, 0.25) is 0 Å². The molecule has 0 aliphatic heterocycles. The molecule has 0 amide bonds. The van der Waals surface area contributed by atoms with Gasteiger partial charge in [-0.1, -0.05) is 66.5 Å². The first-order valence-electron chi connectivity index (χ1n) is 13.0. The second kappa shape index (κ2) is 7.76. The lowest BCUT2D eigenvalue weighted by Crippen LogP contribution is -2.60. The van der Waals surface area contributed by atoms with Gasteiger partial charge in [0.25, 0.3) is 0 Å². The minimum Gasteiger partial charge on any atom is -0.427 e. The molecule has 0 unspecified atom stereocenters. The topological polar surface area (TPSA) is 9.23 Å². The Kier molecular flexibility index (Phi) is 5.57. The summed E-state index contributed by atoms with van der Waals surface area (Å²) < 4.78 is 7.27. The molecule has 170 valence electrons. The van der Waals surface area contributed by atoms with Crippen molar-refractivity contribution in [2.75, 3.05) is 0 Å². The normalized spacial score (nSPS) is 42.8. The molecule has 0 saturated heterocycles. The van der Waals surface area contributed by atoms with Crippen LogP contribution in [0.4, 0.5) is 0 Å². The first kappa shape index (κ1) is 22.3. The Bertz CT molecular complexity index is 756. The van der Waals surface area contributed by atoms with Gasteiger partial charge in [-0.05, 0) is 88.7 Å². The van der Waals surface area contributed by atoms with E-state index in [9.17, 15) is 0 Å². The maximum atomic E-state index is 7.27. The van der Waals surface area contributed by atoms with Crippen LogP contribution in [0.5, 0.6) is 0 Å². The molecule has 4 bridgehead atoms. The van der Waals surface area contributed by atoms with Gasteiger partial charge in [0.05, 0.1) is 6.10 Å². The third-order valence-corrected chi connectivity index (χ3v) is 12.2. The smallest absolute Gasteiger partial charge is 0.300 e. The first-order chi connectivity index (χ1) is 14.7. The molecule has 0 aromatic carbocycles. The molecule has 1 nitrogen and oxygen atoms in total. The molecule has 0 radical (unpaired) electrons. The average Bonchev–Trinajstić information content (AvgIpc) is 3.26. The van der Waals surface area contributed by atoms with Gasteiger partial charge in [-0.25, -0.2) is 0 Å². The zero-order valence-electron chi connectivity index (χ0n) is 20.6. The lowest BCUT2D eigenvalue weighted by atomic mass is 9.27. The molecule has 0 N–H and O–H groups in total. The van der Waals surface area contributed by atoms with Crippen LogP contribution in [0.2, 0.25) is 11.6 Å². The summed E-state index contributed by atoms with van der Waals surface area (Å²) in [6.45, 7) is 19.7. The Morgan fingerprint density at radius 3 is 1.97 bits per heavy atom. The standard InChI is InChI=1S/C28H43BOS/c1-8-10-25(26-11-9-12-31-26)30-29(23-15-19-13-21(17(23)2)27(19,4)5)24-16-20-14-22(18(24)3)28(20,6)7/h8-9,11-12,17-25H,1,10,13-16H2,2-7H3/t17-,18-,19+,20+,21-,22-,23-,24-,25+/m1/s1. The third kappa shape index (κ3) is 3.35. The molecule has 31 heavy (non-hydrogen) atoms. The van der Waals surface area contributed by atoms with Crippen LogP contribution in [-0.4, -0.2) is 6.92 Å². The summed E-state index contributed by atoms with van der Waals surface area (Å²) in [5.74, 6) is 6.55. The van der Waals surface area contributed by atoms with Crippen LogP contribution in [0, 0.1) is 46.3 Å². The van der Waals surface area contributed by atoms with E-state index in [2.05, 4.69) is 71.7 Å². The van der Waals surface area contributed by atoms with Crippen molar-refractivity contribution in [2.45, 2.75) is 91.4 Å². The summed E-state index contributed by atoms with van der Waals surface area (Å²) in [6, 6.07) is 4.45. The van der Waals surface area contributed by atoms with E-state index in [1.807, 2.05) is 11.3 Å². The fourth-order valence-corrected chi connectivity index (χ4v) is 9.60. The van der Waals surface area contributed by atoms with Gasteiger partial charge in [-0.15, -0.1) is 17.9 Å². The maximum absolute atomic E-state index is 7.27. The quantitative estimate of drug-likeness (QED) is 0.306. The van der Waals surface area contributed by atoms with Crippen molar-refractivity contribution < 1.29 is 4.65 Å². The molecular formula is C28H43BOS. The largest absolute Gasteiger partial charge is 0.427 e. The molecular weight excluding hydrogens is 395 g/mol. The summed E-state index contributed by atoms with van der Waals surface area (Å²) in [7, 11) is 0. The maximum Gasteiger partial charge on any atom is 0.300 e. The van der Waals surface area contributed by atoms with E-state index in [0.29, 0.717) is 17.7 Å². The minimum absolute atomic E-state index is 0.180. The van der Waals surface area contributed by atoms with Gasteiger partial charge in [-0.2, -0.15) is 0 Å². The summed E-state index contributed by atoms with van der Waals surface area (Å²) >= 11 is 1.85. The summed E-state index contributed by atoms with van der Waals surface area (Å²) in [5.41, 5.74) is 1.08. The highest BCUT2D eigenvalue weighted by Gasteiger charge is 2.63. The van der Waals surface area contributed by atoms with Gasteiger partial charge < -0.3 is 4.65 Å². The fourth-order valence-electron chi connectivity index (χ4n) is 8.82. The molecule has 0 spiro atoms. The second-order valence-corrected chi connectivity index (χ2v) is 13.8. The lowest BCUT2D eigenvalue weighted by molar-refractivity contribution is -0.112. The molecule has 6 saturated carbocycles. The number of hydrogen-bond donors (Lipinski definition) is 0. The fraction of sp³-hybridized carbons (Fsp3) is 0.786. The van der Waals surface area contributed by atoms with Gasteiger partial charge in [0.1, 0.15) is 0 Å². The van der Waals surface area contributed by atoms with Crippen molar-refractivity contribution in [3.05, 3.63) is 35.0 Å². The zero-order chi connectivity index (χ0) is 22.1. The molecule has 1 aromatic rings. The summed E-state index contributed by atoms with van der Waals surface area (Å²) in [4.78, 5) is 1.38. The van der Waals surface area contributed by atoms with E-state index in [-0.39, 0.29) is 6.10 Å². The van der Waals surface area contributed by atoms with Crippen molar-refractivity contribution >= 4 is 18.3 Å². The van der Waals surface area contributed by atoms with Crippen LogP contribution in [0.1, 0.15) is 84.6 Å². The van der Waals surface area contributed by atoms with Crippen molar-refractivity contribution in [3.63, 3.8) is 0 Å². The summed E-state index contributed by atoms with van der Waals surface area (Å²) in [6.07, 6.45) is 8.84. The molecule has 3 heteroatoms. The Morgan fingerprint density at radius 2 is 1.58 bits per heavy atom. The van der Waals surface area contributed by atoms with E-state index < -0.39 is 0 Å². The van der Waals surface area contributed by atoms with Crippen molar-refractivity contribution in [1.82, 2.24) is 0 Å². The number of hydrogen-bond acceptors (Lipinski definition) is 2. The highest BCUT2D eigenvalue weighted by atomic mass is 32.1. The highest BCUT2D eigenvalue weighted by Crippen LogP contribution is 2.69. The highest BCUT2D eigenvalue weighted by molar-refractivity contribution is 7.10. The van der Waals surface area contributed by atoms with Crippen LogP contribution >= 0.6 is 11.3 Å². The number of thiophene rings is 1. The SMILES string of the molecule is C=CC[C@H](OB([C@@H]1C[C@@H]2C[C@H]([C@H]1C)C2(C)C)[C@@H]1C[C@@H]2C[C@H]([C@H]1C)C2(C)C)c1cccs1. The van der Waals surface area contributed by atoms with Crippen LogP contribution in [0.25, 0.3) is 0 Å². The summed E-state index contributed by atoms with van der Waals surface area (Å²) in [5, 5.41) is 2.20. The molecule has 9 atom stereocenters. The zero-order valence-corrected chi connectivity index (χ0v) is 21.5. The Hall–Kier alpha value is -0.535. The number of fused-ring (bicyclic) bond motifs is 4. The van der Waals surface area contributed by atoms with Crippen LogP contribution in [-0.2, 0) is 4.65 Å². The lowest BCUT2D eigenvalue weighted by Gasteiger charge is -2.66. The molecule has 1 aromatic heterocycles. The molecule has 1 heterocycles. The van der Waals surface area contributed by atoms with Crippen LogP contribution in [0.15, 0.2) is 30.2 Å². The van der Waals surface area contributed by atoms with E-state index in [1.165, 1.54) is 30.6 Å². The third-order valence-electron chi connectivity index (χ3n) is 11.2. The van der Waals surface area contributed by atoms with Gasteiger partial charge >= 0.3 is 6.92 Å². The number of rotatable bonds is 7. The Balaban J connectivity index is 1.44. The molecule has 6 fully saturated rings. The predicted molar refractivity (Wildman–Crippen MR) is 135 cm³/mol. The van der Waals surface area contributed by atoms with E-state index in [1.54, 1.807) is 0 Å². The van der Waals surface area contributed by atoms with E-state index in [4.69, 9.17) is 4.65 Å². The van der Waals surface area contributed by atoms with Gasteiger partial charge in [0, 0.05) is 4.88 Å². The Labute approximate surface area is 195 Å². The molecule has 6 aliphatic rings. The van der Waals surface area contributed by atoms with Crippen LogP contribution in [0.3, 0.4) is 0 Å². The van der Waals surface area contributed by atoms with E-state index >= 15 is 0 Å². The predicted octanol–water partition coefficient (Wildman–Crippen LogP) is 8.52.